The maximum atomic E-state index is 5.78. The van der Waals surface area contributed by atoms with Gasteiger partial charge in [-0.25, -0.2) is 0 Å². The molecule has 1 aromatic heterocycles. The molecule has 0 radical (unpaired) electrons. The Labute approximate surface area is 143 Å². The summed E-state index contributed by atoms with van der Waals surface area (Å²) in [6.07, 6.45) is 1.61. The molecule has 2 aromatic rings. The van der Waals surface area contributed by atoms with E-state index in [9.17, 15) is 0 Å². The molecule has 0 unspecified atom stereocenters. The van der Waals surface area contributed by atoms with E-state index in [1.165, 1.54) is 5.56 Å². The van der Waals surface area contributed by atoms with Crippen molar-refractivity contribution in [3.8, 4) is 11.3 Å². The van der Waals surface area contributed by atoms with Crippen molar-refractivity contribution in [3.05, 3.63) is 47.7 Å². The summed E-state index contributed by atoms with van der Waals surface area (Å²) in [6, 6.07) is 12.3. The van der Waals surface area contributed by atoms with Crippen LogP contribution in [-0.2, 0) is 5.41 Å². The SMILES string of the molecule is CCNC(=S)N/N=C/c1ccc(-c2ccc(C(C)(C)C)cc2)o1. The van der Waals surface area contributed by atoms with E-state index in [1.807, 2.05) is 19.1 Å². The van der Waals surface area contributed by atoms with Gasteiger partial charge in [-0.3, -0.25) is 5.43 Å². The van der Waals surface area contributed by atoms with Crippen LogP contribution < -0.4 is 10.7 Å². The molecule has 0 spiro atoms. The summed E-state index contributed by atoms with van der Waals surface area (Å²) in [4.78, 5) is 0. The molecule has 122 valence electrons. The second-order valence-electron chi connectivity index (χ2n) is 6.26. The van der Waals surface area contributed by atoms with Crippen molar-refractivity contribution in [1.82, 2.24) is 10.7 Å². The summed E-state index contributed by atoms with van der Waals surface area (Å²) in [5.74, 6) is 1.49. The Balaban J connectivity index is 2.04. The zero-order chi connectivity index (χ0) is 16.9. The molecular formula is C18H23N3OS. The highest BCUT2D eigenvalue weighted by Gasteiger charge is 2.13. The number of nitrogens with one attached hydrogen (secondary N) is 2. The van der Waals surface area contributed by atoms with Gasteiger partial charge in [0.05, 0.1) is 6.21 Å². The third kappa shape index (κ3) is 4.93. The molecule has 0 aliphatic rings. The number of furan rings is 1. The number of nitrogens with zero attached hydrogens (tertiary/aromatic N) is 1. The molecule has 4 nitrogen and oxygen atoms in total. The molecule has 1 heterocycles. The summed E-state index contributed by atoms with van der Waals surface area (Å²) >= 11 is 5.03. The van der Waals surface area contributed by atoms with Gasteiger partial charge in [-0.05, 0) is 42.3 Å². The second kappa shape index (κ2) is 7.42. The van der Waals surface area contributed by atoms with Crippen LogP contribution in [0.5, 0.6) is 0 Å². The topological polar surface area (TPSA) is 49.6 Å². The van der Waals surface area contributed by atoms with Crippen LogP contribution in [0.4, 0.5) is 0 Å². The number of thiocarbonyl (C=S) groups is 1. The normalized spacial score (nSPS) is 11.7. The Morgan fingerprint density at radius 1 is 1.17 bits per heavy atom. The quantitative estimate of drug-likeness (QED) is 0.504. The molecule has 0 saturated heterocycles. The Bertz CT molecular complexity index is 681. The van der Waals surface area contributed by atoms with Crippen LogP contribution in [0, 0.1) is 0 Å². The van der Waals surface area contributed by atoms with Crippen LogP contribution in [0.2, 0.25) is 0 Å². The first-order chi connectivity index (χ1) is 10.9. The van der Waals surface area contributed by atoms with Crippen molar-refractivity contribution in [1.29, 1.82) is 0 Å². The first-order valence-electron chi connectivity index (χ1n) is 7.68. The molecule has 0 aliphatic heterocycles. The predicted octanol–water partition coefficient (Wildman–Crippen LogP) is 4.06. The fourth-order valence-electron chi connectivity index (χ4n) is 2.07. The summed E-state index contributed by atoms with van der Waals surface area (Å²) < 4.78 is 5.78. The van der Waals surface area contributed by atoms with E-state index in [2.05, 4.69) is 60.9 Å². The van der Waals surface area contributed by atoms with Gasteiger partial charge >= 0.3 is 0 Å². The van der Waals surface area contributed by atoms with Crippen LogP contribution in [0.3, 0.4) is 0 Å². The van der Waals surface area contributed by atoms with Gasteiger partial charge in [0.25, 0.3) is 0 Å². The molecular weight excluding hydrogens is 306 g/mol. The lowest BCUT2D eigenvalue weighted by Crippen LogP contribution is -2.31. The molecule has 0 amide bonds. The van der Waals surface area contributed by atoms with Gasteiger partial charge in [-0.1, -0.05) is 45.0 Å². The van der Waals surface area contributed by atoms with Crippen molar-refractivity contribution in [2.24, 2.45) is 5.10 Å². The average molecular weight is 329 g/mol. The van der Waals surface area contributed by atoms with E-state index < -0.39 is 0 Å². The molecule has 0 fully saturated rings. The second-order valence-corrected chi connectivity index (χ2v) is 6.67. The van der Waals surface area contributed by atoms with Crippen molar-refractivity contribution in [2.45, 2.75) is 33.1 Å². The zero-order valence-electron chi connectivity index (χ0n) is 14.0. The zero-order valence-corrected chi connectivity index (χ0v) is 14.8. The lowest BCUT2D eigenvalue weighted by atomic mass is 9.86. The molecule has 0 bridgehead atoms. The highest BCUT2D eigenvalue weighted by molar-refractivity contribution is 7.80. The molecule has 2 rings (SSSR count). The summed E-state index contributed by atoms with van der Waals surface area (Å²) in [7, 11) is 0. The third-order valence-electron chi connectivity index (χ3n) is 3.36. The Hall–Kier alpha value is -2.14. The molecule has 0 aliphatic carbocycles. The van der Waals surface area contributed by atoms with Crippen LogP contribution in [0.25, 0.3) is 11.3 Å². The Morgan fingerprint density at radius 3 is 2.48 bits per heavy atom. The van der Waals surface area contributed by atoms with Crippen molar-refractivity contribution in [2.75, 3.05) is 6.54 Å². The number of hydrogen-bond acceptors (Lipinski definition) is 3. The molecule has 1 aromatic carbocycles. The maximum absolute atomic E-state index is 5.78. The minimum atomic E-state index is 0.149. The van der Waals surface area contributed by atoms with E-state index in [-0.39, 0.29) is 5.41 Å². The highest BCUT2D eigenvalue weighted by Crippen LogP contribution is 2.26. The van der Waals surface area contributed by atoms with Crippen molar-refractivity contribution >= 4 is 23.5 Å². The van der Waals surface area contributed by atoms with Gasteiger partial charge in [0.2, 0.25) is 0 Å². The third-order valence-corrected chi connectivity index (χ3v) is 3.59. The van der Waals surface area contributed by atoms with Crippen molar-refractivity contribution in [3.63, 3.8) is 0 Å². The van der Waals surface area contributed by atoms with Gasteiger partial charge in [0, 0.05) is 12.1 Å². The van der Waals surface area contributed by atoms with Gasteiger partial charge < -0.3 is 9.73 Å². The summed E-state index contributed by atoms with van der Waals surface area (Å²) in [6.45, 7) is 9.34. The molecule has 0 atom stereocenters. The number of hydrogen-bond donors (Lipinski definition) is 2. The number of hydrazone groups is 1. The smallest absolute Gasteiger partial charge is 0.186 e. The van der Waals surface area contributed by atoms with Crippen molar-refractivity contribution < 1.29 is 4.42 Å². The maximum Gasteiger partial charge on any atom is 0.186 e. The predicted molar refractivity (Wildman–Crippen MR) is 99.8 cm³/mol. The highest BCUT2D eigenvalue weighted by atomic mass is 32.1. The van der Waals surface area contributed by atoms with Crippen LogP contribution in [0.15, 0.2) is 45.9 Å². The van der Waals surface area contributed by atoms with E-state index in [0.29, 0.717) is 10.9 Å². The average Bonchev–Trinajstić information content (AvgIpc) is 2.96. The lowest BCUT2D eigenvalue weighted by Gasteiger charge is -2.18. The van der Waals surface area contributed by atoms with E-state index in [0.717, 1.165) is 17.9 Å². The summed E-state index contributed by atoms with van der Waals surface area (Å²) in [5.41, 5.74) is 5.24. The summed E-state index contributed by atoms with van der Waals surface area (Å²) in [5, 5.41) is 7.49. The number of benzene rings is 1. The minimum absolute atomic E-state index is 0.149. The Morgan fingerprint density at radius 2 is 1.87 bits per heavy atom. The first kappa shape index (κ1) is 17.2. The fourth-order valence-corrected chi connectivity index (χ4v) is 2.26. The van der Waals surface area contributed by atoms with Crippen LogP contribution >= 0.6 is 12.2 Å². The fraction of sp³-hybridized carbons (Fsp3) is 0.333. The van der Waals surface area contributed by atoms with E-state index in [4.69, 9.17) is 16.6 Å². The van der Waals surface area contributed by atoms with E-state index >= 15 is 0 Å². The first-order valence-corrected chi connectivity index (χ1v) is 8.08. The van der Waals surface area contributed by atoms with Crippen LogP contribution in [-0.4, -0.2) is 17.9 Å². The Kier molecular flexibility index (Phi) is 5.55. The largest absolute Gasteiger partial charge is 0.455 e. The van der Waals surface area contributed by atoms with E-state index in [1.54, 1.807) is 6.21 Å². The van der Waals surface area contributed by atoms with Crippen LogP contribution in [0.1, 0.15) is 39.0 Å². The minimum Gasteiger partial charge on any atom is -0.455 e. The van der Waals surface area contributed by atoms with Gasteiger partial charge in [0.1, 0.15) is 11.5 Å². The lowest BCUT2D eigenvalue weighted by molar-refractivity contribution is 0.573. The van der Waals surface area contributed by atoms with Gasteiger partial charge in [-0.2, -0.15) is 5.10 Å². The molecule has 23 heavy (non-hydrogen) atoms. The molecule has 5 heteroatoms. The monoisotopic (exact) mass is 329 g/mol. The number of rotatable bonds is 4. The standard InChI is InChI=1S/C18H23N3OS/c1-5-19-17(23)21-20-12-15-10-11-16(22-15)13-6-8-14(9-7-13)18(2,3)4/h6-12H,5H2,1-4H3,(H2,19,21,23)/b20-12+. The molecule has 2 N–H and O–H groups in total. The van der Waals surface area contributed by atoms with Gasteiger partial charge in [0.15, 0.2) is 5.11 Å². The molecule has 0 saturated carbocycles. The van der Waals surface area contributed by atoms with Gasteiger partial charge in [-0.15, -0.1) is 0 Å².